The number of nitriles is 1. The van der Waals surface area contributed by atoms with Crippen molar-refractivity contribution in [2.24, 2.45) is 0 Å². The molecule has 1 N–H and O–H groups in total. The molecule has 2 aromatic rings. The van der Waals surface area contributed by atoms with Crippen molar-refractivity contribution < 1.29 is 8.42 Å². The Labute approximate surface area is 130 Å². The van der Waals surface area contributed by atoms with Gasteiger partial charge < -0.3 is 5.32 Å². The van der Waals surface area contributed by atoms with E-state index in [-0.39, 0.29) is 11.8 Å². The molecule has 1 heterocycles. The SMILES string of the molecule is Cc1ccc(S(=O)(=O)C[C@@H](C)Nc2cccc(C#N)n2)cc1. The second-order valence-electron chi connectivity index (χ2n) is 5.16. The number of benzene rings is 1. The maximum absolute atomic E-state index is 12.4. The van der Waals surface area contributed by atoms with E-state index in [1.165, 1.54) is 0 Å². The smallest absolute Gasteiger partial charge is 0.180 e. The zero-order valence-electron chi connectivity index (χ0n) is 12.4. The van der Waals surface area contributed by atoms with E-state index in [1.807, 2.05) is 13.0 Å². The number of sulfone groups is 1. The van der Waals surface area contributed by atoms with Gasteiger partial charge in [0.25, 0.3) is 0 Å². The van der Waals surface area contributed by atoms with E-state index < -0.39 is 9.84 Å². The predicted molar refractivity (Wildman–Crippen MR) is 85.3 cm³/mol. The fraction of sp³-hybridized carbons (Fsp3) is 0.250. The minimum atomic E-state index is -3.37. The van der Waals surface area contributed by atoms with Crippen LogP contribution in [-0.4, -0.2) is 25.2 Å². The largest absolute Gasteiger partial charge is 0.367 e. The van der Waals surface area contributed by atoms with Gasteiger partial charge in [-0.25, -0.2) is 13.4 Å². The second-order valence-corrected chi connectivity index (χ2v) is 7.19. The van der Waals surface area contributed by atoms with Crippen molar-refractivity contribution in [1.29, 1.82) is 5.26 Å². The molecule has 22 heavy (non-hydrogen) atoms. The highest BCUT2D eigenvalue weighted by molar-refractivity contribution is 7.91. The lowest BCUT2D eigenvalue weighted by Gasteiger charge is -2.15. The summed E-state index contributed by atoms with van der Waals surface area (Å²) in [6.07, 6.45) is 0. The molecule has 0 saturated carbocycles. The molecule has 1 aromatic heterocycles. The first-order chi connectivity index (χ1) is 10.4. The van der Waals surface area contributed by atoms with Crippen LogP contribution in [0, 0.1) is 18.3 Å². The Bertz CT molecular complexity index is 793. The first-order valence-electron chi connectivity index (χ1n) is 6.84. The molecule has 1 atom stereocenters. The average Bonchev–Trinajstić information content (AvgIpc) is 2.47. The summed E-state index contributed by atoms with van der Waals surface area (Å²) in [6.45, 7) is 3.68. The second kappa shape index (κ2) is 6.58. The Morgan fingerprint density at radius 2 is 1.91 bits per heavy atom. The van der Waals surface area contributed by atoms with Gasteiger partial charge >= 0.3 is 0 Å². The van der Waals surface area contributed by atoms with Crippen LogP contribution in [0.3, 0.4) is 0 Å². The number of pyridine rings is 1. The Kier molecular flexibility index (Phi) is 4.78. The molecule has 0 radical (unpaired) electrons. The first-order valence-corrected chi connectivity index (χ1v) is 8.49. The van der Waals surface area contributed by atoms with Crippen LogP contribution >= 0.6 is 0 Å². The van der Waals surface area contributed by atoms with Crippen LogP contribution in [0.1, 0.15) is 18.2 Å². The van der Waals surface area contributed by atoms with E-state index in [9.17, 15) is 8.42 Å². The van der Waals surface area contributed by atoms with Gasteiger partial charge in [0, 0.05) is 6.04 Å². The third-order valence-electron chi connectivity index (χ3n) is 3.11. The van der Waals surface area contributed by atoms with Gasteiger partial charge in [0.05, 0.1) is 10.6 Å². The van der Waals surface area contributed by atoms with Gasteiger partial charge in [-0.1, -0.05) is 23.8 Å². The van der Waals surface area contributed by atoms with Gasteiger partial charge in [-0.2, -0.15) is 5.26 Å². The third kappa shape index (κ3) is 4.06. The minimum Gasteiger partial charge on any atom is -0.367 e. The summed E-state index contributed by atoms with van der Waals surface area (Å²) in [5, 5.41) is 11.8. The number of nitrogens with zero attached hydrogens (tertiary/aromatic N) is 2. The molecule has 0 saturated heterocycles. The van der Waals surface area contributed by atoms with Crippen LogP contribution in [0.4, 0.5) is 5.82 Å². The lowest BCUT2D eigenvalue weighted by Crippen LogP contribution is -2.26. The molecule has 5 nitrogen and oxygen atoms in total. The summed E-state index contributed by atoms with van der Waals surface area (Å²) in [6, 6.07) is 13.4. The average molecular weight is 315 g/mol. The van der Waals surface area contributed by atoms with E-state index in [1.54, 1.807) is 49.4 Å². The molecule has 0 fully saturated rings. The summed E-state index contributed by atoms with van der Waals surface area (Å²) in [7, 11) is -3.37. The van der Waals surface area contributed by atoms with Gasteiger partial charge in [0.15, 0.2) is 9.84 Å². The summed E-state index contributed by atoms with van der Waals surface area (Å²) in [5.74, 6) is 0.444. The number of nitrogens with one attached hydrogen (secondary N) is 1. The Balaban J connectivity index is 2.09. The van der Waals surface area contributed by atoms with Crippen molar-refractivity contribution in [3.63, 3.8) is 0 Å². The normalized spacial score (nSPS) is 12.4. The zero-order chi connectivity index (χ0) is 16.2. The van der Waals surface area contributed by atoms with Crippen molar-refractivity contribution >= 4 is 15.7 Å². The van der Waals surface area contributed by atoms with E-state index in [2.05, 4.69) is 10.3 Å². The van der Waals surface area contributed by atoms with Gasteiger partial charge in [-0.3, -0.25) is 0 Å². The molecular weight excluding hydrogens is 298 g/mol. The number of anilines is 1. The number of aromatic nitrogens is 1. The van der Waals surface area contributed by atoms with Gasteiger partial charge in [0.2, 0.25) is 0 Å². The number of hydrogen-bond donors (Lipinski definition) is 1. The molecule has 0 aliphatic heterocycles. The summed E-state index contributed by atoms with van der Waals surface area (Å²) in [4.78, 5) is 4.39. The van der Waals surface area contributed by atoms with Crippen molar-refractivity contribution in [2.45, 2.75) is 24.8 Å². The Morgan fingerprint density at radius 1 is 1.23 bits per heavy atom. The minimum absolute atomic E-state index is 0.0471. The van der Waals surface area contributed by atoms with E-state index in [4.69, 9.17) is 5.26 Å². The third-order valence-corrected chi connectivity index (χ3v) is 5.04. The number of hydrogen-bond acceptors (Lipinski definition) is 5. The molecule has 2 rings (SSSR count). The molecule has 0 spiro atoms. The molecule has 114 valence electrons. The fourth-order valence-corrected chi connectivity index (χ4v) is 3.53. The lowest BCUT2D eigenvalue weighted by molar-refractivity contribution is 0.592. The summed E-state index contributed by atoms with van der Waals surface area (Å²) < 4.78 is 24.7. The van der Waals surface area contributed by atoms with Crippen LogP contribution in [0.15, 0.2) is 47.4 Å². The van der Waals surface area contributed by atoms with Gasteiger partial charge in [0.1, 0.15) is 17.6 Å². The summed E-state index contributed by atoms with van der Waals surface area (Å²) >= 11 is 0. The van der Waals surface area contributed by atoms with Gasteiger partial charge in [-0.15, -0.1) is 0 Å². The summed E-state index contributed by atoms with van der Waals surface area (Å²) in [5.41, 5.74) is 1.31. The van der Waals surface area contributed by atoms with Crippen LogP contribution in [-0.2, 0) is 9.84 Å². The molecule has 0 aliphatic rings. The molecule has 6 heteroatoms. The quantitative estimate of drug-likeness (QED) is 0.916. The number of aryl methyl sites for hydroxylation is 1. The zero-order valence-corrected chi connectivity index (χ0v) is 13.3. The maximum atomic E-state index is 12.4. The van der Waals surface area contributed by atoms with Crippen molar-refractivity contribution in [2.75, 3.05) is 11.1 Å². The predicted octanol–water partition coefficient (Wildman–Crippen LogP) is 2.54. The molecule has 0 unspecified atom stereocenters. The molecular formula is C16H17N3O2S. The van der Waals surface area contributed by atoms with Crippen molar-refractivity contribution in [1.82, 2.24) is 4.98 Å². The van der Waals surface area contributed by atoms with Crippen LogP contribution in [0.2, 0.25) is 0 Å². The molecule has 0 amide bonds. The topological polar surface area (TPSA) is 82.9 Å². The van der Waals surface area contributed by atoms with Crippen molar-refractivity contribution in [3.05, 3.63) is 53.7 Å². The van der Waals surface area contributed by atoms with Crippen LogP contribution in [0.5, 0.6) is 0 Å². The van der Waals surface area contributed by atoms with E-state index >= 15 is 0 Å². The van der Waals surface area contributed by atoms with E-state index in [0.717, 1.165) is 5.56 Å². The maximum Gasteiger partial charge on any atom is 0.180 e. The number of rotatable bonds is 5. The Hall–Kier alpha value is -2.39. The van der Waals surface area contributed by atoms with Crippen LogP contribution < -0.4 is 5.32 Å². The highest BCUT2D eigenvalue weighted by Crippen LogP contribution is 2.15. The van der Waals surface area contributed by atoms with Crippen molar-refractivity contribution in [3.8, 4) is 6.07 Å². The van der Waals surface area contributed by atoms with E-state index in [0.29, 0.717) is 16.4 Å². The Morgan fingerprint density at radius 3 is 2.55 bits per heavy atom. The highest BCUT2D eigenvalue weighted by Gasteiger charge is 2.18. The molecule has 0 bridgehead atoms. The highest BCUT2D eigenvalue weighted by atomic mass is 32.2. The first kappa shape index (κ1) is 16.0. The monoisotopic (exact) mass is 315 g/mol. The fourth-order valence-electron chi connectivity index (χ4n) is 2.04. The standard InChI is InChI=1S/C16H17N3O2S/c1-12-6-8-15(9-7-12)22(20,21)11-13(2)18-16-5-3-4-14(10-17)19-16/h3-9,13H,11H2,1-2H3,(H,18,19)/t13-/m1/s1. The molecule has 0 aliphatic carbocycles. The lowest BCUT2D eigenvalue weighted by atomic mass is 10.2. The van der Waals surface area contributed by atoms with Gasteiger partial charge in [-0.05, 0) is 38.1 Å². The molecule has 1 aromatic carbocycles. The van der Waals surface area contributed by atoms with Crippen LogP contribution in [0.25, 0.3) is 0 Å².